The van der Waals surface area contributed by atoms with Crippen molar-refractivity contribution in [2.24, 2.45) is 12.8 Å². The predicted molar refractivity (Wildman–Crippen MR) is 44.4 cm³/mol. The van der Waals surface area contributed by atoms with Gasteiger partial charge >= 0.3 is 5.97 Å². The smallest absolute Gasteiger partial charge is 0.328 e. The summed E-state index contributed by atoms with van der Waals surface area (Å²) in [5.41, 5.74) is 6.35. The van der Waals surface area contributed by atoms with Crippen molar-refractivity contribution < 1.29 is 9.53 Å². The number of carbonyl (C=O) groups is 1. The monoisotopic (exact) mass is 168 g/mol. The molecule has 0 spiro atoms. The van der Waals surface area contributed by atoms with E-state index in [1.54, 1.807) is 10.6 Å². The Bertz CT molecular complexity index is 280. The molecule has 0 aromatic carbocycles. The van der Waals surface area contributed by atoms with Gasteiger partial charge in [0.05, 0.1) is 7.11 Å². The minimum Gasteiger partial charge on any atom is -0.468 e. The lowest BCUT2D eigenvalue weighted by Gasteiger charge is -2.09. The van der Waals surface area contributed by atoms with Crippen LogP contribution in [0.1, 0.15) is 11.7 Å². The second kappa shape index (κ2) is 3.40. The maximum absolute atomic E-state index is 11.0. The van der Waals surface area contributed by atoms with Gasteiger partial charge in [-0.1, -0.05) is 0 Å². The molecule has 0 aliphatic rings. The van der Waals surface area contributed by atoms with Gasteiger partial charge < -0.3 is 15.0 Å². The van der Waals surface area contributed by atoms with Crippen LogP contribution in [0.15, 0.2) is 18.3 Å². The zero-order valence-corrected chi connectivity index (χ0v) is 7.15. The Labute approximate surface area is 70.9 Å². The molecule has 4 nitrogen and oxygen atoms in total. The number of aryl methyl sites for hydroxylation is 1. The van der Waals surface area contributed by atoms with E-state index >= 15 is 0 Å². The average Bonchev–Trinajstić information content (AvgIpc) is 2.48. The molecular formula is C8H12N2O2. The molecular weight excluding hydrogens is 156 g/mol. The number of esters is 1. The molecule has 1 atom stereocenters. The molecule has 4 heteroatoms. The molecule has 0 aliphatic carbocycles. The first-order chi connectivity index (χ1) is 5.66. The van der Waals surface area contributed by atoms with E-state index in [0.29, 0.717) is 0 Å². The first kappa shape index (κ1) is 8.80. The van der Waals surface area contributed by atoms with Gasteiger partial charge in [0.25, 0.3) is 0 Å². The number of hydrogen-bond acceptors (Lipinski definition) is 3. The molecule has 12 heavy (non-hydrogen) atoms. The van der Waals surface area contributed by atoms with Crippen LogP contribution >= 0.6 is 0 Å². The highest BCUT2D eigenvalue weighted by atomic mass is 16.5. The third-order valence-corrected chi connectivity index (χ3v) is 1.76. The van der Waals surface area contributed by atoms with Gasteiger partial charge in [-0.05, 0) is 12.1 Å². The van der Waals surface area contributed by atoms with Crippen LogP contribution in [0.4, 0.5) is 0 Å². The molecule has 1 rings (SSSR count). The van der Waals surface area contributed by atoms with Gasteiger partial charge in [-0.15, -0.1) is 0 Å². The van der Waals surface area contributed by atoms with Crippen molar-refractivity contribution in [1.82, 2.24) is 4.57 Å². The van der Waals surface area contributed by atoms with Gasteiger partial charge in [0, 0.05) is 18.9 Å². The molecule has 1 heterocycles. The minimum atomic E-state index is -0.685. The summed E-state index contributed by atoms with van der Waals surface area (Å²) < 4.78 is 6.31. The van der Waals surface area contributed by atoms with E-state index in [4.69, 9.17) is 5.73 Å². The summed E-state index contributed by atoms with van der Waals surface area (Å²) in [4.78, 5) is 11.0. The van der Waals surface area contributed by atoms with E-state index in [-0.39, 0.29) is 0 Å². The predicted octanol–water partition coefficient (Wildman–Crippen LogP) is 0.198. The summed E-state index contributed by atoms with van der Waals surface area (Å²) >= 11 is 0. The second-order valence-corrected chi connectivity index (χ2v) is 2.54. The minimum absolute atomic E-state index is 0.420. The highest BCUT2D eigenvalue weighted by Gasteiger charge is 2.17. The fourth-order valence-corrected chi connectivity index (χ4v) is 1.05. The molecule has 0 fully saturated rings. The maximum atomic E-state index is 11.0. The number of carbonyl (C=O) groups excluding carboxylic acids is 1. The summed E-state index contributed by atoms with van der Waals surface area (Å²) in [6.45, 7) is 0. The highest BCUT2D eigenvalue weighted by molar-refractivity contribution is 5.76. The van der Waals surface area contributed by atoms with Gasteiger partial charge in [0.2, 0.25) is 0 Å². The van der Waals surface area contributed by atoms with Gasteiger partial charge in [-0.2, -0.15) is 0 Å². The van der Waals surface area contributed by atoms with Gasteiger partial charge in [-0.25, -0.2) is 4.79 Å². The summed E-state index contributed by atoms with van der Waals surface area (Å²) in [5.74, 6) is -0.420. The molecule has 1 aromatic rings. The average molecular weight is 168 g/mol. The number of aromatic nitrogens is 1. The van der Waals surface area contributed by atoms with Crippen molar-refractivity contribution in [3.8, 4) is 0 Å². The van der Waals surface area contributed by atoms with Crippen LogP contribution in [0, 0.1) is 0 Å². The fraction of sp³-hybridized carbons (Fsp3) is 0.375. The molecule has 2 N–H and O–H groups in total. The van der Waals surface area contributed by atoms with Gasteiger partial charge in [0.15, 0.2) is 0 Å². The molecule has 0 unspecified atom stereocenters. The Balaban J connectivity index is 2.84. The third-order valence-electron chi connectivity index (χ3n) is 1.76. The van der Waals surface area contributed by atoms with Crippen LogP contribution in [-0.4, -0.2) is 17.6 Å². The number of nitrogens with zero attached hydrogens (tertiary/aromatic N) is 1. The number of nitrogens with two attached hydrogens (primary N) is 1. The Hall–Kier alpha value is -1.29. The van der Waals surface area contributed by atoms with E-state index in [1.807, 2.05) is 19.3 Å². The van der Waals surface area contributed by atoms with E-state index in [1.165, 1.54) is 7.11 Å². The summed E-state index contributed by atoms with van der Waals surface area (Å²) in [6, 6.07) is 2.94. The third kappa shape index (κ3) is 1.48. The lowest BCUT2D eigenvalue weighted by Crippen LogP contribution is -2.24. The standard InChI is InChI=1S/C8H12N2O2/c1-10-5-3-4-6(10)7(9)8(11)12-2/h3-5,7H,9H2,1-2H3/t7-/m1/s1. The summed E-state index contributed by atoms with van der Waals surface area (Å²) in [6.07, 6.45) is 1.83. The van der Waals surface area contributed by atoms with Crippen molar-refractivity contribution in [2.45, 2.75) is 6.04 Å². The van der Waals surface area contributed by atoms with E-state index < -0.39 is 12.0 Å². The molecule has 0 amide bonds. The first-order valence-electron chi connectivity index (χ1n) is 3.61. The molecule has 0 saturated heterocycles. The van der Waals surface area contributed by atoms with Crippen LogP contribution in [0.25, 0.3) is 0 Å². The summed E-state index contributed by atoms with van der Waals surface area (Å²) in [7, 11) is 3.16. The Kier molecular flexibility index (Phi) is 2.50. The molecule has 66 valence electrons. The van der Waals surface area contributed by atoms with Crippen LogP contribution in [0.3, 0.4) is 0 Å². The zero-order chi connectivity index (χ0) is 9.14. The molecule has 0 aliphatic heterocycles. The van der Waals surface area contributed by atoms with E-state index in [0.717, 1.165) is 5.69 Å². The number of hydrogen-bond donors (Lipinski definition) is 1. The quantitative estimate of drug-likeness (QED) is 0.642. The number of methoxy groups -OCH3 is 1. The van der Waals surface area contributed by atoms with E-state index in [2.05, 4.69) is 4.74 Å². The van der Waals surface area contributed by atoms with Crippen molar-refractivity contribution in [3.05, 3.63) is 24.0 Å². The van der Waals surface area contributed by atoms with Crippen LogP contribution in [0.2, 0.25) is 0 Å². The Morgan fingerprint density at radius 2 is 2.42 bits per heavy atom. The van der Waals surface area contributed by atoms with Crippen molar-refractivity contribution in [3.63, 3.8) is 0 Å². The topological polar surface area (TPSA) is 57.2 Å². The SMILES string of the molecule is COC(=O)[C@H](N)c1cccn1C. The fourth-order valence-electron chi connectivity index (χ4n) is 1.05. The first-order valence-corrected chi connectivity index (χ1v) is 3.61. The van der Waals surface area contributed by atoms with Crippen molar-refractivity contribution >= 4 is 5.97 Å². The lowest BCUT2D eigenvalue weighted by atomic mass is 10.2. The number of rotatable bonds is 2. The molecule has 0 saturated carbocycles. The molecule has 0 bridgehead atoms. The maximum Gasteiger partial charge on any atom is 0.328 e. The highest BCUT2D eigenvalue weighted by Crippen LogP contribution is 2.10. The lowest BCUT2D eigenvalue weighted by molar-refractivity contribution is -0.142. The molecule has 0 radical (unpaired) electrons. The van der Waals surface area contributed by atoms with Crippen LogP contribution in [-0.2, 0) is 16.6 Å². The van der Waals surface area contributed by atoms with Gasteiger partial charge in [-0.3, -0.25) is 0 Å². The second-order valence-electron chi connectivity index (χ2n) is 2.54. The summed E-state index contributed by atoms with van der Waals surface area (Å²) in [5, 5.41) is 0. The van der Waals surface area contributed by atoms with Crippen LogP contribution in [0.5, 0.6) is 0 Å². The Morgan fingerprint density at radius 3 is 2.83 bits per heavy atom. The van der Waals surface area contributed by atoms with Crippen LogP contribution < -0.4 is 5.73 Å². The van der Waals surface area contributed by atoms with Crippen molar-refractivity contribution in [1.29, 1.82) is 0 Å². The van der Waals surface area contributed by atoms with Crippen molar-refractivity contribution in [2.75, 3.05) is 7.11 Å². The Morgan fingerprint density at radius 1 is 1.75 bits per heavy atom. The number of ether oxygens (including phenoxy) is 1. The van der Waals surface area contributed by atoms with E-state index in [9.17, 15) is 4.79 Å². The van der Waals surface area contributed by atoms with Gasteiger partial charge in [0.1, 0.15) is 6.04 Å². The normalized spacial score (nSPS) is 12.6. The largest absolute Gasteiger partial charge is 0.468 e. The molecule has 1 aromatic heterocycles. The zero-order valence-electron chi connectivity index (χ0n) is 7.15.